The first-order valence-electron chi connectivity index (χ1n) is 3.47. The van der Waals surface area contributed by atoms with Crippen LogP contribution in [0.1, 0.15) is 20.3 Å². The zero-order valence-corrected chi connectivity index (χ0v) is 7.44. The summed E-state index contributed by atoms with van der Waals surface area (Å²) >= 11 is 5.31. The van der Waals surface area contributed by atoms with Gasteiger partial charge in [-0.3, -0.25) is 9.59 Å². The molecule has 0 fully saturated rings. The van der Waals surface area contributed by atoms with Crippen molar-refractivity contribution in [2.75, 3.05) is 5.88 Å². The molecule has 11 heavy (non-hydrogen) atoms. The minimum atomic E-state index is -0.412. The van der Waals surface area contributed by atoms with Crippen LogP contribution in [0.15, 0.2) is 0 Å². The number of hydrogen-bond donors (Lipinski definition) is 1. The number of carbonyl (C=O) groups excluding carboxylic acids is 2. The first-order valence-corrected chi connectivity index (χ1v) is 4.01. The maximum absolute atomic E-state index is 10.9. The Morgan fingerprint density at radius 1 is 1.55 bits per heavy atom. The van der Waals surface area contributed by atoms with Crippen LogP contribution in [0.3, 0.4) is 0 Å². The SMILES string of the molecule is CCC(NC(C)=O)C(=O)CCl. The highest BCUT2D eigenvalue weighted by atomic mass is 35.5. The molecule has 0 aromatic rings. The topological polar surface area (TPSA) is 46.2 Å². The Labute approximate surface area is 71.1 Å². The Balaban J connectivity index is 3.94. The molecule has 0 saturated heterocycles. The summed E-state index contributed by atoms with van der Waals surface area (Å²) in [6.45, 7) is 3.20. The third kappa shape index (κ3) is 3.98. The van der Waals surface area contributed by atoms with Crippen LogP contribution in [-0.2, 0) is 9.59 Å². The lowest BCUT2D eigenvalue weighted by atomic mass is 10.1. The summed E-state index contributed by atoms with van der Waals surface area (Å²) in [5.41, 5.74) is 0. The van der Waals surface area contributed by atoms with Crippen LogP contribution in [0, 0.1) is 0 Å². The Hall–Kier alpha value is -0.570. The van der Waals surface area contributed by atoms with Crippen LogP contribution < -0.4 is 5.32 Å². The summed E-state index contributed by atoms with van der Waals surface area (Å²) in [5.74, 6) is -0.376. The highest BCUT2D eigenvalue weighted by Crippen LogP contribution is 1.94. The molecule has 1 N–H and O–H groups in total. The van der Waals surface area contributed by atoms with Gasteiger partial charge in [0.2, 0.25) is 5.91 Å². The van der Waals surface area contributed by atoms with Crippen molar-refractivity contribution in [2.45, 2.75) is 26.3 Å². The largest absolute Gasteiger partial charge is 0.347 e. The molecule has 64 valence electrons. The fourth-order valence-corrected chi connectivity index (χ4v) is 0.935. The number of Topliss-reactive ketones (excluding diaryl/α,β-unsaturated/α-hetero) is 1. The van der Waals surface area contributed by atoms with Crippen molar-refractivity contribution in [1.82, 2.24) is 5.32 Å². The molecule has 1 unspecified atom stereocenters. The second kappa shape index (κ2) is 5.13. The van der Waals surface area contributed by atoms with Crippen LogP contribution >= 0.6 is 11.6 Å². The van der Waals surface area contributed by atoms with Crippen molar-refractivity contribution in [3.05, 3.63) is 0 Å². The lowest BCUT2D eigenvalue weighted by Crippen LogP contribution is -2.39. The van der Waals surface area contributed by atoms with E-state index in [0.29, 0.717) is 6.42 Å². The number of nitrogens with one attached hydrogen (secondary N) is 1. The van der Waals surface area contributed by atoms with Crippen molar-refractivity contribution in [1.29, 1.82) is 0 Å². The van der Waals surface area contributed by atoms with E-state index in [1.165, 1.54) is 6.92 Å². The Bertz CT molecular complexity index is 159. The summed E-state index contributed by atoms with van der Waals surface area (Å²) in [4.78, 5) is 21.5. The normalized spacial score (nSPS) is 12.3. The molecule has 4 heteroatoms. The maximum Gasteiger partial charge on any atom is 0.217 e. The molecule has 0 heterocycles. The van der Waals surface area contributed by atoms with Gasteiger partial charge in [0.15, 0.2) is 5.78 Å². The molecule has 0 aromatic carbocycles. The van der Waals surface area contributed by atoms with Crippen LogP contribution in [-0.4, -0.2) is 23.6 Å². The molecule has 0 aliphatic carbocycles. The van der Waals surface area contributed by atoms with E-state index in [1.54, 1.807) is 0 Å². The van der Waals surface area contributed by atoms with Crippen LogP contribution in [0.4, 0.5) is 0 Å². The van der Waals surface area contributed by atoms with Gasteiger partial charge in [0, 0.05) is 6.92 Å². The molecular weight excluding hydrogens is 166 g/mol. The third-order valence-electron chi connectivity index (χ3n) is 1.31. The number of alkyl halides is 1. The van der Waals surface area contributed by atoms with Gasteiger partial charge in [0.1, 0.15) is 0 Å². The smallest absolute Gasteiger partial charge is 0.217 e. The predicted octanol–water partition coefficient (Wildman–Crippen LogP) is 0.709. The fraction of sp³-hybridized carbons (Fsp3) is 0.714. The average Bonchev–Trinajstić information content (AvgIpc) is 1.98. The molecule has 3 nitrogen and oxygen atoms in total. The van der Waals surface area contributed by atoms with Gasteiger partial charge in [0.25, 0.3) is 0 Å². The van der Waals surface area contributed by atoms with Crippen LogP contribution in [0.2, 0.25) is 0 Å². The Kier molecular flexibility index (Phi) is 4.86. The summed E-state index contributed by atoms with van der Waals surface area (Å²) < 4.78 is 0. The molecule has 0 aliphatic rings. The fourth-order valence-electron chi connectivity index (χ4n) is 0.749. The van der Waals surface area contributed by atoms with Gasteiger partial charge in [0.05, 0.1) is 11.9 Å². The highest BCUT2D eigenvalue weighted by molar-refractivity contribution is 6.28. The third-order valence-corrected chi connectivity index (χ3v) is 1.57. The molecular formula is C7H12ClNO2. The van der Waals surface area contributed by atoms with E-state index in [9.17, 15) is 9.59 Å². The van der Waals surface area contributed by atoms with Crippen molar-refractivity contribution in [3.8, 4) is 0 Å². The summed E-state index contributed by atoms with van der Waals surface area (Å²) in [6, 6.07) is -0.412. The lowest BCUT2D eigenvalue weighted by molar-refractivity contribution is -0.125. The summed E-state index contributed by atoms with van der Waals surface area (Å²) in [5, 5.41) is 2.51. The number of hydrogen-bond acceptors (Lipinski definition) is 2. The van der Waals surface area contributed by atoms with E-state index in [0.717, 1.165) is 0 Å². The van der Waals surface area contributed by atoms with Gasteiger partial charge >= 0.3 is 0 Å². The van der Waals surface area contributed by atoms with E-state index in [4.69, 9.17) is 11.6 Å². The van der Waals surface area contributed by atoms with Crippen molar-refractivity contribution < 1.29 is 9.59 Å². The molecule has 0 bridgehead atoms. The molecule has 0 aromatic heterocycles. The Morgan fingerprint density at radius 2 is 2.09 bits per heavy atom. The molecule has 1 amide bonds. The van der Waals surface area contributed by atoms with E-state index in [-0.39, 0.29) is 17.6 Å². The van der Waals surface area contributed by atoms with Gasteiger partial charge in [-0.1, -0.05) is 6.92 Å². The first-order chi connectivity index (χ1) is 5.11. The van der Waals surface area contributed by atoms with Crippen LogP contribution in [0.25, 0.3) is 0 Å². The summed E-state index contributed by atoms with van der Waals surface area (Å²) in [7, 11) is 0. The zero-order valence-electron chi connectivity index (χ0n) is 6.69. The molecule has 0 aliphatic heterocycles. The highest BCUT2D eigenvalue weighted by Gasteiger charge is 2.14. The monoisotopic (exact) mass is 177 g/mol. The minimum Gasteiger partial charge on any atom is -0.347 e. The number of halogens is 1. The van der Waals surface area contributed by atoms with Gasteiger partial charge in [-0.25, -0.2) is 0 Å². The summed E-state index contributed by atoms with van der Waals surface area (Å²) in [6.07, 6.45) is 0.588. The number of carbonyl (C=O) groups is 2. The Morgan fingerprint density at radius 3 is 2.36 bits per heavy atom. The maximum atomic E-state index is 10.9. The van der Waals surface area contributed by atoms with Crippen molar-refractivity contribution >= 4 is 23.3 Å². The van der Waals surface area contributed by atoms with Gasteiger partial charge in [-0.05, 0) is 6.42 Å². The van der Waals surface area contributed by atoms with Crippen LogP contribution in [0.5, 0.6) is 0 Å². The average molecular weight is 178 g/mol. The van der Waals surface area contributed by atoms with E-state index < -0.39 is 6.04 Å². The van der Waals surface area contributed by atoms with E-state index >= 15 is 0 Å². The van der Waals surface area contributed by atoms with E-state index in [1.807, 2.05) is 6.92 Å². The van der Waals surface area contributed by atoms with Crippen molar-refractivity contribution in [3.63, 3.8) is 0 Å². The van der Waals surface area contributed by atoms with Gasteiger partial charge in [-0.2, -0.15) is 0 Å². The molecule has 1 atom stereocenters. The molecule has 0 saturated carbocycles. The quantitative estimate of drug-likeness (QED) is 0.643. The minimum absolute atomic E-state index is 0.0429. The number of rotatable bonds is 4. The molecule has 0 spiro atoms. The standard InChI is InChI=1S/C7H12ClNO2/c1-3-6(7(11)4-8)9-5(2)10/h6H,3-4H2,1-2H3,(H,9,10). The van der Waals surface area contributed by atoms with Crippen molar-refractivity contribution in [2.24, 2.45) is 0 Å². The second-order valence-corrected chi connectivity index (χ2v) is 2.53. The second-order valence-electron chi connectivity index (χ2n) is 2.26. The van der Waals surface area contributed by atoms with Gasteiger partial charge < -0.3 is 5.32 Å². The lowest BCUT2D eigenvalue weighted by Gasteiger charge is -2.11. The van der Waals surface area contributed by atoms with E-state index in [2.05, 4.69) is 5.32 Å². The number of amides is 1. The first kappa shape index (κ1) is 10.4. The zero-order chi connectivity index (χ0) is 8.85. The molecule has 0 rings (SSSR count). The van der Waals surface area contributed by atoms with Gasteiger partial charge in [-0.15, -0.1) is 11.6 Å². The molecule has 0 radical (unpaired) electrons. The number of ketones is 1. The predicted molar refractivity (Wildman–Crippen MR) is 43.6 cm³/mol.